The third-order valence-corrected chi connectivity index (χ3v) is 2.62. The predicted octanol–water partition coefficient (Wildman–Crippen LogP) is 2.22. The highest BCUT2D eigenvalue weighted by molar-refractivity contribution is 6.32. The van der Waals surface area contributed by atoms with E-state index < -0.39 is 0 Å². The van der Waals surface area contributed by atoms with Crippen molar-refractivity contribution in [2.75, 3.05) is 20.3 Å². The fourth-order valence-electron chi connectivity index (χ4n) is 1.61. The zero-order valence-corrected chi connectivity index (χ0v) is 11.8. The summed E-state index contributed by atoms with van der Waals surface area (Å²) in [6.07, 6.45) is -0.370. The Kier molecular flexibility index (Phi) is 6.25. The Labute approximate surface area is 113 Å². The van der Waals surface area contributed by atoms with Crippen LogP contribution in [0.5, 0.6) is 11.5 Å². The number of methoxy groups -OCH3 is 1. The monoisotopic (exact) mass is 273 g/mol. The van der Waals surface area contributed by atoms with Crippen molar-refractivity contribution < 1.29 is 14.6 Å². The number of hydrogen-bond donors (Lipinski definition) is 2. The van der Waals surface area contributed by atoms with Crippen molar-refractivity contribution >= 4 is 11.6 Å². The van der Waals surface area contributed by atoms with E-state index in [1.165, 1.54) is 0 Å². The molecule has 0 aliphatic carbocycles. The van der Waals surface area contributed by atoms with E-state index in [9.17, 15) is 5.11 Å². The molecule has 18 heavy (non-hydrogen) atoms. The lowest BCUT2D eigenvalue weighted by atomic mass is 10.2. The van der Waals surface area contributed by atoms with Crippen molar-refractivity contribution in [3.63, 3.8) is 0 Å². The molecule has 5 heteroatoms. The SMILES string of the molecule is CCOc1cc(CNC[C@@H](C)O)cc(Cl)c1OC. The van der Waals surface area contributed by atoms with Gasteiger partial charge in [-0.25, -0.2) is 0 Å². The van der Waals surface area contributed by atoms with Crippen molar-refractivity contribution in [2.45, 2.75) is 26.5 Å². The van der Waals surface area contributed by atoms with Crippen LogP contribution in [-0.2, 0) is 6.54 Å². The number of rotatable bonds is 7. The normalized spacial score (nSPS) is 12.3. The van der Waals surface area contributed by atoms with Crippen molar-refractivity contribution in [3.05, 3.63) is 22.7 Å². The molecule has 1 atom stereocenters. The second-order valence-electron chi connectivity index (χ2n) is 4.02. The van der Waals surface area contributed by atoms with E-state index in [0.717, 1.165) is 5.56 Å². The summed E-state index contributed by atoms with van der Waals surface area (Å²) in [6, 6.07) is 3.72. The smallest absolute Gasteiger partial charge is 0.179 e. The van der Waals surface area contributed by atoms with Crippen LogP contribution < -0.4 is 14.8 Å². The quantitative estimate of drug-likeness (QED) is 0.800. The third-order valence-electron chi connectivity index (χ3n) is 2.34. The van der Waals surface area contributed by atoms with Crippen LogP contribution in [0.15, 0.2) is 12.1 Å². The van der Waals surface area contributed by atoms with Gasteiger partial charge in [-0.1, -0.05) is 11.6 Å². The molecule has 0 unspecified atom stereocenters. The van der Waals surface area contributed by atoms with Crippen LogP contribution >= 0.6 is 11.6 Å². The summed E-state index contributed by atoms with van der Waals surface area (Å²) < 4.78 is 10.7. The predicted molar refractivity (Wildman–Crippen MR) is 72.6 cm³/mol. The molecule has 0 radical (unpaired) electrons. The minimum Gasteiger partial charge on any atom is -0.491 e. The molecule has 4 nitrogen and oxygen atoms in total. The van der Waals surface area contributed by atoms with Crippen LogP contribution in [0.3, 0.4) is 0 Å². The summed E-state index contributed by atoms with van der Waals surface area (Å²) >= 11 is 6.13. The maximum atomic E-state index is 9.17. The molecule has 0 saturated heterocycles. The number of ether oxygens (including phenoxy) is 2. The minimum absolute atomic E-state index is 0.370. The van der Waals surface area contributed by atoms with Gasteiger partial charge in [0.05, 0.1) is 24.8 Å². The Balaban J connectivity index is 2.80. The summed E-state index contributed by atoms with van der Waals surface area (Å²) in [5.41, 5.74) is 0.991. The van der Waals surface area contributed by atoms with Gasteiger partial charge in [0, 0.05) is 13.1 Å². The molecule has 0 aliphatic rings. The van der Waals surface area contributed by atoms with E-state index in [1.54, 1.807) is 14.0 Å². The highest BCUT2D eigenvalue weighted by Gasteiger charge is 2.11. The molecule has 0 bridgehead atoms. The Morgan fingerprint density at radius 3 is 2.72 bits per heavy atom. The van der Waals surface area contributed by atoms with Crippen molar-refractivity contribution in [2.24, 2.45) is 0 Å². The van der Waals surface area contributed by atoms with Gasteiger partial charge in [-0.3, -0.25) is 0 Å². The summed E-state index contributed by atoms with van der Waals surface area (Å²) in [7, 11) is 1.56. The third kappa shape index (κ3) is 4.37. The van der Waals surface area contributed by atoms with E-state index in [4.69, 9.17) is 21.1 Å². The standard InChI is InChI=1S/C13H20ClNO3/c1-4-18-12-6-10(8-15-7-9(2)16)5-11(14)13(12)17-3/h5-6,9,15-16H,4,7-8H2,1-3H3/t9-/m1/s1. The van der Waals surface area contributed by atoms with Gasteiger partial charge < -0.3 is 19.9 Å². The molecule has 1 aromatic carbocycles. The zero-order chi connectivity index (χ0) is 13.5. The number of aliphatic hydroxyl groups is 1. The van der Waals surface area contributed by atoms with Gasteiger partial charge in [0.1, 0.15) is 0 Å². The second-order valence-corrected chi connectivity index (χ2v) is 4.43. The van der Waals surface area contributed by atoms with Crippen LogP contribution in [0.4, 0.5) is 0 Å². The summed E-state index contributed by atoms with van der Waals surface area (Å²) in [6.45, 7) is 5.35. The molecule has 0 saturated carbocycles. The minimum atomic E-state index is -0.370. The first kappa shape index (κ1) is 15.1. The molecule has 1 rings (SSSR count). The molecular formula is C13H20ClNO3. The largest absolute Gasteiger partial charge is 0.491 e. The van der Waals surface area contributed by atoms with Gasteiger partial charge >= 0.3 is 0 Å². The molecule has 2 N–H and O–H groups in total. The molecule has 0 spiro atoms. The Morgan fingerprint density at radius 2 is 2.17 bits per heavy atom. The van der Waals surface area contributed by atoms with Crippen LogP contribution in [-0.4, -0.2) is 31.5 Å². The average Bonchev–Trinajstić information content (AvgIpc) is 2.28. The lowest BCUT2D eigenvalue weighted by Gasteiger charge is -2.14. The molecule has 0 fully saturated rings. The molecule has 0 aliphatic heterocycles. The van der Waals surface area contributed by atoms with Crippen LogP contribution in [0, 0.1) is 0 Å². The average molecular weight is 274 g/mol. The first-order valence-electron chi connectivity index (χ1n) is 5.96. The Morgan fingerprint density at radius 1 is 1.44 bits per heavy atom. The van der Waals surface area contributed by atoms with Crippen molar-refractivity contribution in [3.8, 4) is 11.5 Å². The second kappa shape index (κ2) is 7.46. The first-order chi connectivity index (χ1) is 8.58. The summed E-state index contributed by atoms with van der Waals surface area (Å²) in [4.78, 5) is 0. The Hall–Kier alpha value is -0.970. The van der Waals surface area contributed by atoms with Crippen molar-refractivity contribution in [1.29, 1.82) is 0 Å². The van der Waals surface area contributed by atoms with E-state index in [-0.39, 0.29) is 6.10 Å². The number of hydrogen-bond acceptors (Lipinski definition) is 4. The molecule has 102 valence electrons. The van der Waals surface area contributed by atoms with E-state index >= 15 is 0 Å². The lowest BCUT2D eigenvalue weighted by Crippen LogP contribution is -2.23. The van der Waals surface area contributed by atoms with E-state index in [1.807, 2.05) is 19.1 Å². The van der Waals surface area contributed by atoms with Gasteiger partial charge in [0.15, 0.2) is 11.5 Å². The van der Waals surface area contributed by atoms with Gasteiger partial charge in [-0.15, -0.1) is 0 Å². The number of benzene rings is 1. The molecule has 0 heterocycles. The fourth-order valence-corrected chi connectivity index (χ4v) is 1.92. The number of aliphatic hydroxyl groups excluding tert-OH is 1. The highest BCUT2D eigenvalue weighted by atomic mass is 35.5. The first-order valence-corrected chi connectivity index (χ1v) is 6.34. The molecular weight excluding hydrogens is 254 g/mol. The van der Waals surface area contributed by atoms with Crippen LogP contribution in [0.2, 0.25) is 5.02 Å². The Bertz CT molecular complexity index is 383. The number of nitrogens with one attached hydrogen (secondary N) is 1. The molecule has 1 aromatic rings. The highest BCUT2D eigenvalue weighted by Crippen LogP contribution is 2.36. The van der Waals surface area contributed by atoms with Gasteiger partial charge in [0.2, 0.25) is 0 Å². The van der Waals surface area contributed by atoms with Gasteiger partial charge in [-0.05, 0) is 31.5 Å². The van der Waals surface area contributed by atoms with E-state index in [2.05, 4.69) is 5.32 Å². The maximum absolute atomic E-state index is 9.17. The number of halogens is 1. The summed E-state index contributed by atoms with van der Waals surface area (Å²) in [5.74, 6) is 1.19. The lowest BCUT2D eigenvalue weighted by molar-refractivity contribution is 0.191. The van der Waals surface area contributed by atoms with E-state index in [0.29, 0.717) is 36.2 Å². The summed E-state index contributed by atoms with van der Waals surface area (Å²) in [5, 5.41) is 12.8. The topological polar surface area (TPSA) is 50.7 Å². The fraction of sp³-hybridized carbons (Fsp3) is 0.538. The van der Waals surface area contributed by atoms with Crippen molar-refractivity contribution in [1.82, 2.24) is 5.32 Å². The van der Waals surface area contributed by atoms with Gasteiger partial charge in [0.25, 0.3) is 0 Å². The van der Waals surface area contributed by atoms with Gasteiger partial charge in [-0.2, -0.15) is 0 Å². The molecule has 0 amide bonds. The van der Waals surface area contributed by atoms with Crippen LogP contribution in [0.1, 0.15) is 19.4 Å². The zero-order valence-electron chi connectivity index (χ0n) is 11.0. The molecule has 0 aromatic heterocycles. The van der Waals surface area contributed by atoms with Crippen LogP contribution in [0.25, 0.3) is 0 Å². The maximum Gasteiger partial charge on any atom is 0.179 e.